The molecule has 0 aliphatic heterocycles. The van der Waals surface area contributed by atoms with Gasteiger partial charge in [0.25, 0.3) is 5.56 Å². The summed E-state index contributed by atoms with van der Waals surface area (Å²) in [7, 11) is 3.31. The molecule has 10 heteroatoms. The molecule has 0 aliphatic rings. The van der Waals surface area contributed by atoms with Gasteiger partial charge in [-0.3, -0.25) is 9.36 Å². The van der Waals surface area contributed by atoms with E-state index in [0.29, 0.717) is 33.1 Å². The number of hydrogen-bond acceptors (Lipinski definition) is 7. The molecule has 3 heterocycles. The van der Waals surface area contributed by atoms with Gasteiger partial charge in [-0.15, -0.1) is 0 Å². The molecular formula is C16H13BrN6O3. The van der Waals surface area contributed by atoms with Crippen molar-refractivity contribution in [3.05, 3.63) is 51.4 Å². The zero-order chi connectivity index (χ0) is 18.3. The van der Waals surface area contributed by atoms with Crippen LogP contribution in [0.4, 0.5) is 0 Å². The summed E-state index contributed by atoms with van der Waals surface area (Å²) in [6.45, 7) is 0.111. The molecule has 1 aromatic carbocycles. The lowest BCUT2D eigenvalue weighted by molar-refractivity contribution is 0.369. The first-order valence-corrected chi connectivity index (χ1v) is 8.41. The van der Waals surface area contributed by atoms with Crippen LogP contribution in [0.3, 0.4) is 0 Å². The van der Waals surface area contributed by atoms with Crippen molar-refractivity contribution in [3.8, 4) is 17.1 Å². The molecular weight excluding hydrogens is 404 g/mol. The van der Waals surface area contributed by atoms with E-state index in [1.165, 1.54) is 10.9 Å². The minimum absolute atomic E-state index is 0.111. The van der Waals surface area contributed by atoms with Crippen molar-refractivity contribution in [2.24, 2.45) is 7.05 Å². The van der Waals surface area contributed by atoms with Crippen molar-refractivity contribution in [1.29, 1.82) is 0 Å². The number of ether oxygens (including phenoxy) is 1. The molecule has 0 bridgehead atoms. The van der Waals surface area contributed by atoms with Gasteiger partial charge in [0.15, 0.2) is 5.65 Å². The van der Waals surface area contributed by atoms with Crippen LogP contribution >= 0.6 is 15.9 Å². The molecule has 9 nitrogen and oxygen atoms in total. The van der Waals surface area contributed by atoms with Crippen LogP contribution in [0.2, 0.25) is 0 Å². The van der Waals surface area contributed by atoms with Gasteiger partial charge in [0.05, 0.1) is 7.11 Å². The Labute approximate surface area is 155 Å². The Morgan fingerprint density at radius 1 is 1.35 bits per heavy atom. The largest absolute Gasteiger partial charge is 0.497 e. The van der Waals surface area contributed by atoms with E-state index in [4.69, 9.17) is 9.26 Å². The maximum Gasteiger partial charge on any atom is 0.266 e. The monoisotopic (exact) mass is 416 g/mol. The number of fused-ring (bicyclic) bond motifs is 1. The molecule has 0 N–H and O–H groups in total. The van der Waals surface area contributed by atoms with Crippen molar-refractivity contribution in [2.75, 3.05) is 7.11 Å². The van der Waals surface area contributed by atoms with Gasteiger partial charge < -0.3 is 9.26 Å². The molecule has 0 aliphatic carbocycles. The van der Waals surface area contributed by atoms with E-state index in [2.05, 4.69) is 36.2 Å². The summed E-state index contributed by atoms with van der Waals surface area (Å²) < 4.78 is 13.9. The quantitative estimate of drug-likeness (QED) is 0.501. The summed E-state index contributed by atoms with van der Waals surface area (Å²) in [6.07, 6.45) is 1.44. The minimum Gasteiger partial charge on any atom is -0.497 e. The van der Waals surface area contributed by atoms with Crippen LogP contribution in [0.5, 0.6) is 5.75 Å². The fourth-order valence-electron chi connectivity index (χ4n) is 2.59. The van der Waals surface area contributed by atoms with E-state index < -0.39 is 0 Å². The second kappa shape index (κ2) is 6.37. The van der Waals surface area contributed by atoms with Crippen molar-refractivity contribution >= 4 is 27.0 Å². The van der Waals surface area contributed by atoms with E-state index in [0.717, 1.165) is 5.56 Å². The summed E-state index contributed by atoms with van der Waals surface area (Å²) >= 11 is 3.29. The summed E-state index contributed by atoms with van der Waals surface area (Å²) in [6, 6.07) is 7.33. The lowest BCUT2D eigenvalue weighted by atomic mass is 10.2. The molecule has 4 rings (SSSR count). The van der Waals surface area contributed by atoms with E-state index in [1.807, 2.05) is 18.2 Å². The number of hydrogen-bond donors (Lipinski definition) is 0. The Hall–Kier alpha value is -3.01. The van der Waals surface area contributed by atoms with Crippen LogP contribution in [0.25, 0.3) is 22.4 Å². The zero-order valence-electron chi connectivity index (χ0n) is 13.9. The fourth-order valence-corrected chi connectivity index (χ4v) is 3.18. The summed E-state index contributed by atoms with van der Waals surface area (Å²) in [5.74, 6) is 1.41. The Morgan fingerprint density at radius 3 is 3.00 bits per heavy atom. The SMILES string of the molecule is COc1cccc(-c2noc(Cn3cnc4c(c(Br)nn4C)c3=O)n2)c1. The second-order valence-corrected chi connectivity index (χ2v) is 6.29. The van der Waals surface area contributed by atoms with Crippen LogP contribution in [0, 0.1) is 0 Å². The van der Waals surface area contributed by atoms with E-state index in [9.17, 15) is 4.79 Å². The first-order valence-electron chi connectivity index (χ1n) is 7.61. The summed E-state index contributed by atoms with van der Waals surface area (Å²) in [5.41, 5.74) is 1.02. The molecule has 0 unspecified atom stereocenters. The molecule has 0 saturated heterocycles. The Balaban J connectivity index is 1.67. The first-order chi connectivity index (χ1) is 12.6. The van der Waals surface area contributed by atoms with Gasteiger partial charge in [0, 0.05) is 12.6 Å². The molecule has 0 amide bonds. The Bertz CT molecular complexity index is 1160. The number of aryl methyl sites for hydroxylation is 1. The smallest absolute Gasteiger partial charge is 0.266 e. The topological polar surface area (TPSA) is 101 Å². The highest BCUT2D eigenvalue weighted by molar-refractivity contribution is 9.10. The molecule has 26 heavy (non-hydrogen) atoms. The third-order valence-electron chi connectivity index (χ3n) is 3.87. The predicted molar refractivity (Wildman–Crippen MR) is 95.9 cm³/mol. The molecule has 3 aromatic heterocycles. The van der Waals surface area contributed by atoms with Gasteiger partial charge in [-0.1, -0.05) is 17.3 Å². The fraction of sp³-hybridized carbons (Fsp3) is 0.188. The number of methoxy groups -OCH3 is 1. The van der Waals surface area contributed by atoms with Crippen molar-refractivity contribution in [1.82, 2.24) is 29.5 Å². The van der Waals surface area contributed by atoms with Gasteiger partial charge in [0.2, 0.25) is 11.7 Å². The number of aromatic nitrogens is 6. The summed E-state index contributed by atoms with van der Waals surface area (Å²) in [5, 5.41) is 8.53. The number of nitrogens with zero attached hydrogens (tertiary/aromatic N) is 6. The van der Waals surface area contributed by atoms with Crippen molar-refractivity contribution in [3.63, 3.8) is 0 Å². The average Bonchev–Trinajstić information content (AvgIpc) is 3.22. The lowest BCUT2D eigenvalue weighted by Gasteiger charge is -2.01. The van der Waals surface area contributed by atoms with E-state index in [-0.39, 0.29) is 12.1 Å². The molecule has 0 spiro atoms. The minimum atomic E-state index is -0.240. The molecule has 0 radical (unpaired) electrons. The van der Waals surface area contributed by atoms with Gasteiger partial charge in [-0.25, -0.2) is 9.67 Å². The number of rotatable bonds is 4. The first kappa shape index (κ1) is 16.5. The normalized spacial score (nSPS) is 11.2. The molecule has 0 atom stereocenters. The number of halogens is 1. The Kier molecular flexibility index (Phi) is 4.03. The highest BCUT2D eigenvalue weighted by Gasteiger charge is 2.16. The summed E-state index contributed by atoms with van der Waals surface area (Å²) in [4.78, 5) is 21.3. The number of benzene rings is 1. The maximum absolute atomic E-state index is 12.7. The third kappa shape index (κ3) is 2.77. The molecule has 0 saturated carbocycles. The van der Waals surface area contributed by atoms with E-state index >= 15 is 0 Å². The van der Waals surface area contributed by atoms with Gasteiger partial charge >= 0.3 is 0 Å². The average molecular weight is 417 g/mol. The lowest BCUT2D eigenvalue weighted by Crippen LogP contribution is -2.21. The van der Waals surface area contributed by atoms with Gasteiger partial charge in [-0.2, -0.15) is 10.1 Å². The van der Waals surface area contributed by atoms with Crippen LogP contribution in [0.1, 0.15) is 5.89 Å². The maximum atomic E-state index is 12.7. The second-order valence-electron chi connectivity index (χ2n) is 5.53. The van der Waals surface area contributed by atoms with E-state index in [1.54, 1.807) is 24.9 Å². The van der Waals surface area contributed by atoms with Gasteiger partial charge in [0.1, 0.15) is 28.6 Å². The van der Waals surface area contributed by atoms with Crippen molar-refractivity contribution in [2.45, 2.75) is 6.54 Å². The van der Waals surface area contributed by atoms with Crippen LogP contribution in [-0.4, -0.2) is 36.6 Å². The standard InChI is InChI=1S/C16H13BrN6O3/c1-22-15-12(13(17)20-22)16(24)23(8-18-15)7-11-19-14(21-26-11)9-4-3-5-10(6-9)25-2/h3-6,8H,7H2,1-2H3. The highest BCUT2D eigenvalue weighted by Crippen LogP contribution is 2.21. The zero-order valence-corrected chi connectivity index (χ0v) is 15.5. The molecule has 4 aromatic rings. The van der Waals surface area contributed by atoms with Crippen LogP contribution in [0.15, 0.2) is 44.5 Å². The third-order valence-corrected chi connectivity index (χ3v) is 4.43. The Morgan fingerprint density at radius 2 is 2.19 bits per heavy atom. The predicted octanol–water partition coefficient (Wildman–Crippen LogP) is 2.00. The van der Waals surface area contributed by atoms with Crippen LogP contribution in [-0.2, 0) is 13.6 Å². The van der Waals surface area contributed by atoms with Crippen molar-refractivity contribution < 1.29 is 9.26 Å². The molecule has 0 fully saturated rings. The highest BCUT2D eigenvalue weighted by atomic mass is 79.9. The molecule has 132 valence electrons. The van der Waals surface area contributed by atoms with Gasteiger partial charge in [-0.05, 0) is 28.1 Å². The van der Waals surface area contributed by atoms with Crippen LogP contribution < -0.4 is 10.3 Å².